The van der Waals surface area contributed by atoms with E-state index in [1.54, 1.807) is 49.7 Å². The van der Waals surface area contributed by atoms with Gasteiger partial charge in [-0.05, 0) is 31.2 Å². The summed E-state index contributed by atoms with van der Waals surface area (Å²) < 4.78 is 10.1. The lowest BCUT2D eigenvalue weighted by Gasteiger charge is -2.08. The molecule has 2 N–H and O–H groups in total. The van der Waals surface area contributed by atoms with Crippen molar-refractivity contribution in [2.45, 2.75) is 6.92 Å². The highest BCUT2D eigenvalue weighted by atomic mass is 16.5. The third-order valence-electron chi connectivity index (χ3n) is 4.34. The number of aromatic nitrogens is 3. The zero-order valence-electron chi connectivity index (χ0n) is 16.1. The molecular weight excluding hydrogens is 384 g/mol. The molecule has 3 heterocycles. The highest BCUT2D eigenvalue weighted by Crippen LogP contribution is 2.30. The van der Waals surface area contributed by atoms with Crippen molar-refractivity contribution in [3.8, 4) is 11.3 Å². The van der Waals surface area contributed by atoms with Gasteiger partial charge in [-0.25, -0.2) is 14.8 Å². The van der Waals surface area contributed by atoms with E-state index in [2.05, 4.69) is 20.3 Å². The van der Waals surface area contributed by atoms with E-state index in [9.17, 15) is 9.59 Å². The van der Waals surface area contributed by atoms with Crippen LogP contribution in [0.25, 0.3) is 28.4 Å². The van der Waals surface area contributed by atoms with Crippen molar-refractivity contribution < 1.29 is 18.7 Å². The Kier molecular flexibility index (Phi) is 5.38. The molecule has 0 aliphatic carbocycles. The van der Waals surface area contributed by atoms with E-state index >= 15 is 0 Å². The smallest absolute Gasteiger partial charge is 0.340 e. The van der Waals surface area contributed by atoms with Crippen LogP contribution in [0.2, 0.25) is 0 Å². The molecule has 0 spiro atoms. The van der Waals surface area contributed by atoms with Gasteiger partial charge in [0.1, 0.15) is 12.0 Å². The Morgan fingerprint density at radius 2 is 2.17 bits per heavy atom. The first-order valence-corrected chi connectivity index (χ1v) is 9.26. The zero-order chi connectivity index (χ0) is 20.9. The number of H-pyrrole nitrogens is 1. The van der Waals surface area contributed by atoms with Gasteiger partial charge in [-0.15, -0.1) is 0 Å². The number of amides is 1. The lowest BCUT2D eigenvalue weighted by Crippen LogP contribution is -2.07. The first-order chi connectivity index (χ1) is 14.7. The van der Waals surface area contributed by atoms with Crippen molar-refractivity contribution in [1.82, 2.24) is 15.0 Å². The lowest BCUT2D eigenvalue weighted by molar-refractivity contribution is -0.111. The van der Waals surface area contributed by atoms with Crippen molar-refractivity contribution in [2.24, 2.45) is 0 Å². The van der Waals surface area contributed by atoms with Gasteiger partial charge in [-0.1, -0.05) is 12.1 Å². The molecule has 0 aliphatic heterocycles. The largest absolute Gasteiger partial charge is 0.472 e. The topological polar surface area (TPSA) is 110 Å². The minimum atomic E-state index is -0.450. The van der Waals surface area contributed by atoms with E-state index in [-0.39, 0.29) is 12.5 Å². The second-order valence-corrected chi connectivity index (χ2v) is 6.33. The number of nitrogens with zero attached hydrogens (tertiary/aromatic N) is 2. The number of carbonyl (C=O) groups is 2. The van der Waals surface area contributed by atoms with Gasteiger partial charge in [-0.2, -0.15) is 0 Å². The van der Waals surface area contributed by atoms with Gasteiger partial charge in [0, 0.05) is 29.1 Å². The summed E-state index contributed by atoms with van der Waals surface area (Å²) in [6, 6.07) is 8.96. The molecule has 0 saturated heterocycles. The number of anilines is 1. The van der Waals surface area contributed by atoms with E-state index in [1.807, 2.05) is 6.07 Å². The fourth-order valence-electron chi connectivity index (χ4n) is 3.02. The molecule has 150 valence electrons. The molecule has 4 aromatic rings. The quantitative estimate of drug-likeness (QED) is 0.372. The fourth-order valence-corrected chi connectivity index (χ4v) is 3.02. The maximum absolute atomic E-state index is 12.3. The molecule has 8 heteroatoms. The van der Waals surface area contributed by atoms with Crippen LogP contribution in [0.3, 0.4) is 0 Å². The summed E-state index contributed by atoms with van der Waals surface area (Å²) in [6.07, 6.45) is 9.14. The van der Waals surface area contributed by atoms with Crippen LogP contribution in [0.1, 0.15) is 22.8 Å². The SMILES string of the molecule is CCOC(=O)c1c[nH]c2ncnc(-c3cccc(NC(=O)C=Cc4ccoc4)c3)c12. The van der Waals surface area contributed by atoms with E-state index in [4.69, 9.17) is 9.15 Å². The number of ether oxygens (including phenoxy) is 1. The van der Waals surface area contributed by atoms with Crippen LogP contribution in [0, 0.1) is 0 Å². The molecule has 1 amide bonds. The molecule has 4 rings (SSSR count). The monoisotopic (exact) mass is 402 g/mol. The number of hydrogen-bond donors (Lipinski definition) is 2. The molecule has 0 radical (unpaired) electrons. The summed E-state index contributed by atoms with van der Waals surface area (Å²) >= 11 is 0. The number of benzene rings is 1. The molecule has 0 atom stereocenters. The molecule has 0 aliphatic rings. The van der Waals surface area contributed by atoms with Gasteiger partial charge in [-0.3, -0.25) is 4.79 Å². The minimum absolute atomic E-state index is 0.266. The highest BCUT2D eigenvalue weighted by Gasteiger charge is 2.19. The summed E-state index contributed by atoms with van der Waals surface area (Å²) in [5.41, 5.74) is 3.56. The Balaban J connectivity index is 1.64. The third-order valence-corrected chi connectivity index (χ3v) is 4.34. The first kappa shape index (κ1) is 19.1. The van der Waals surface area contributed by atoms with Crippen LogP contribution < -0.4 is 5.32 Å². The number of carbonyl (C=O) groups excluding carboxylic acids is 2. The van der Waals surface area contributed by atoms with E-state index in [0.717, 1.165) is 11.1 Å². The summed E-state index contributed by atoms with van der Waals surface area (Å²) in [5.74, 6) is -0.733. The maximum Gasteiger partial charge on any atom is 0.340 e. The fraction of sp³-hybridized carbons (Fsp3) is 0.0909. The number of furan rings is 1. The predicted octanol–water partition coefficient (Wildman–Crippen LogP) is 4.05. The van der Waals surface area contributed by atoms with Crippen LogP contribution in [0.15, 0.2) is 65.9 Å². The van der Waals surface area contributed by atoms with Crippen LogP contribution in [0.4, 0.5) is 5.69 Å². The van der Waals surface area contributed by atoms with Crippen molar-refractivity contribution in [2.75, 3.05) is 11.9 Å². The molecule has 0 saturated carbocycles. The molecule has 0 unspecified atom stereocenters. The summed E-state index contributed by atoms with van der Waals surface area (Å²) in [4.78, 5) is 36.1. The second kappa shape index (κ2) is 8.44. The normalized spacial score (nSPS) is 11.1. The molecule has 0 fully saturated rings. The van der Waals surface area contributed by atoms with Crippen molar-refractivity contribution in [3.63, 3.8) is 0 Å². The van der Waals surface area contributed by atoms with Gasteiger partial charge < -0.3 is 19.5 Å². The average Bonchev–Trinajstić information content (AvgIpc) is 3.42. The standard InChI is InChI=1S/C22H18N4O4/c1-2-30-22(28)17-11-23-21-19(17)20(24-13-25-21)15-4-3-5-16(10-15)26-18(27)7-6-14-8-9-29-12-14/h3-13H,2H2,1H3,(H,26,27)(H,23,24,25). The van der Waals surface area contributed by atoms with Crippen LogP contribution in [-0.4, -0.2) is 33.4 Å². The Bertz CT molecular complexity index is 1230. The van der Waals surface area contributed by atoms with Gasteiger partial charge in [0.25, 0.3) is 0 Å². The Morgan fingerprint density at radius 1 is 1.27 bits per heavy atom. The Hall–Kier alpha value is -4.20. The summed E-state index contributed by atoms with van der Waals surface area (Å²) in [7, 11) is 0. The lowest BCUT2D eigenvalue weighted by atomic mass is 10.1. The first-order valence-electron chi connectivity index (χ1n) is 9.26. The molecule has 0 bridgehead atoms. The Labute approximate surface area is 171 Å². The van der Waals surface area contributed by atoms with Crippen LogP contribution >= 0.6 is 0 Å². The highest BCUT2D eigenvalue weighted by molar-refractivity contribution is 6.08. The number of esters is 1. The molecule has 8 nitrogen and oxygen atoms in total. The number of fused-ring (bicyclic) bond motifs is 1. The number of nitrogens with one attached hydrogen (secondary N) is 2. The van der Waals surface area contributed by atoms with Gasteiger partial charge >= 0.3 is 5.97 Å². The summed E-state index contributed by atoms with van der Waals surface area (Å²) in [5, 5.41) is 3.38. The summed E-state index contributed by atoms with van der Waals surface area (Å²) in [6.45, 7) is 2.01. The molecule has 1 aromatic carbocycles. The van der Waals surface area contributed by atoms with Crippen LogP contribution in [0.5, 0.6) is 0 Å². The molecule has 3 aromatic heterocycles. The van der Waals surface area contributed by atoms with Crippen LogP contribution in [-0.2, 0) is 9.53 Å². The minimum Gasteiger partial charge on any atom is -0.472 e. The molecule has 30 heavy (non-hydrogen) atoms. The maximum atomic E-state index is 12.3. The van der Waals surface area contributed by atoms with Gasteiger partial charge in [0.05, 0.1) is 35.8 Å². The number of hydrogen-bond acceptors (Lipinski definition) is 6. The third kappa shape index (κ3) is 3.97. The van der Waals surface area contributed by atoms with Crippen molar-refractivity contribution in [3.05, 3.63) is 72.6 Å². The van der Waals surface area contributed by atoms with E-state index in [1.165, 1.54) is 18.7 Å². The zero-order valence-corrected chi connectivity index (χ0v) is 16.1. The number of aromatic amines is 1. The predicted molar refractivity (Wildman–Crippen MR) is 112 cm³/mol. The average molecular weight is 402 g/mol. The van der Waals surface area contributed by atoms with Gasteiger partial charge in [0.2, 0.25) is 5.91 Å². The van der Waals surface area contributed by atoms with E-state index in [0.29, 0.717) is 28.0 Å². The second-order valence-electron chi connectivity index (χ2n) is 6.33. The number of rotatable bonds is 6. The molecular formula is C22H18N4O4. The Morgan fingerprint density at radius 3 is 2.97 bits per heavy atom. The van der Waals surface area contributed by atoms with E-state index < -0.39 is 5.97 Å². The van der Waals surface area contributed by atoms with Crippen molar-refractivity contribution in [1.29, 1.82) is 0 Å². The van der Waals surface area contributed by atoms with Gasteiger partial charge in [0.15, 0.2) is 0 Å². The van der Waals surface area contributed by atoms with Crippen molar-refractivity contribution >= 4 is 34.7 Å².